The lowest BCUT2D eigenvalue weighted by molar-refractivity contribution is 0.0902. The first kappa shape index (κ1) is 22.0. The maximum atomic E-state index is 12.4. The second-order valence-electron chi connectivity index (χ2n) is 7.58. The number of nitrogens with zero attached hydrogens (tertiary/aromatic N) is 2. The monoisotopic (exact) mass is 476 g/mol. The molecule has 178 valence electrons. The third-order valence-corrected chi connectivity index (χ3v) is 5.28. The third-order valence-electron chi connectivity index (χ3n) is 5.28. The normalized spacial score (nSPS) is 14.1. The molecule has 11 nitrogen and oxygen atoms in total. The molecule has 5 rings (SSSR count). The average molecular weight is 476 g/mol. The second kappa shape index (κ2) is 9.21. The van der Waals surface area contributed by atoms with Crippen molar-refractivity contribution in [2.24, 2.45) is 10.2 Å². The summed E-state index contributed by atoms with van der Waals surface area (Å²) in [5.41, 5.74) is 7.43. The lowest BCUT2D eigenvalue weighted by Crippen LogP contribution is -2.20. The molecule has 0 saturated heterocycles. The number of furan rings is 1. The van der Waals surface area contributed by atoms with Gasteiger partial charge in [0.1, 0.15) is 0 Å². The Kier molecular flexibility index (Phi) is 5.80. The van der Waals surface area contributed by atoms with Gasteiger partial charge >= 0.3 is 11.8 Å². The van der Waals surface area contributed by atoms with Gasteiger partial charge in [0.2, 0.25) is 13.6 Å². The van der Waals surface area contributed by atoms with Crippen LogP contribution in [0.2, 0.25) is 0 Å². The van der Waals surface area contributed by atoms with Crippen molar-refractivity contribution in [1.29, 1.82) is 0 Å². The Morgan fingerprint density at radius 2 is 1.09 bits per heavy atom. The summed E-state index contributed by atoms with van der Waals surface area (Å²) < 4.78 is 26.6. The van der Waals surface area contributed by atoms with Crippen molar-refractivity contribution >= 4 is 23.2 Å². The topological polar surface area (TPSA) is 133 Å². The van der Waals surface area contributed by atoms with E-state index in [0.717, 1.165) is 11.1 Å². The molecule has 2 amide bonds. The molecule has 3 aromatic rings. The predicted molar refractivity (Wildman–Crippen MR) is 123 cm³/mol. The molecule has 2 N–H and O–H groups in total. The van der Waals surface area contributed by atoms with Crippen molar-refractivity contribution < 1.29 is 33.0 Å². The van der Waals surface area contributed by atoms with E-state index in [1.165, 1.54) is 12.1 Å². The number of ether oxygens (including phenoxy) is 4. The molecule has 35 heavy (non-hydrogen) atoms. The van der Waals surface area contributed by atoms with Crippen molar-refractivity contribution in [3.8, 4) is 23.0 Å². The van der Waals surface area contributed by atoms with Crippen molar-refractivity contribution in [1.82, 2.24) is 10.9 Å². The number of hydrazone groups is 2. The van der Waals surface area contributed by atoms with Gasteiger partial charge in [0, 0.05) is 11.1 Å². The van der Waals surface area contributed by atoms with Crippen LogP contribution >= 0.6 is 0 Å². The number of rotatable bonds is 6. The molecule has 0 spiro atoms. The van der Waals surface area contributed by atoms with E-state index in [2.05, 4.69) is 21.1 Å². The summed E-state index contributed by atoms with van der Waals surface area (Å²) in [6, 6.07) is 13.5. The lowest BCUT2D eigenvalue weighted by atomic mass is 10.1. The first-order valence-corrected chi connectivity index (χ1v) is 10.6. The Morgan fingerprint density at radius 1 is 0.657 bits per heavy atom. The van der Waals surface area contributed by atoms with Gasteiger partial charge in [0.15, 0.2) is 34.5 Å². The number of nitrogens with one attached hydrogen (secondary N) is 2. The zero-order valence-electron chi connectivity index (χ0n) is 18.8. The molecule has 0 atom stereocenters. The van der Waals surface area contributed by atoms with Crippen LogP contribution in [0.4, 0.5) is 0 Å². The van der Waals surface area contributed by atoms with Gasteiger partial charge in [-0.25, -0.2) is 10.9 Å². The number of fused-ring (bicyclic) bond motifs is 2. The number of carbonyl (C=O) groups excluding carboxylic acids is 2. The third kappa shape index (κ3) is 4.64. The molecular formula is C24H20N4O7. The van der Waals surface area contributed by atoms with Crippen LogP contribution in [0.3, 0.4) is 0 Å². The minimum Gasteiger partial charge on any atom is -0.454 e. The minimum absolute atomic E-state index is 0.0751. The van der Waals surface area contributed by atoms with E-state index in [1.54, 1.807) is 50.2 Å². The van der Waals surface area contributed by atoms with E-state index in [0.29, 0.717) is 34.4 Å². The van der Waals surface area contributed by atoms with Crippen LogP contribution in [0.5, 0.6) is 23.0 Å². The van der Waals surface area contributed by atoms with Crippen molar-refractivity contribution in [3.05, 3.63) is 71.2 Å². The van der Waals surface area contributed by atoms with Crippen LogP contribution in [-0.2, 0) is 0 Å². The van der Waals surface area contributed by atoms with E-state index in [4.69, 9.17) is 23.4 Å². The van der Waals surface area contributed by atoms with Crippen LogP contribution in [0.25, 0.3) is 0 Å². The maximum Gasteiger partial charge on any atom is 0.307 e. The van der Waals surface area contributed by atoms with Gasteiger partial charge in [-0.15, -0.1) is 0 Å². The molecule has 11 heteroatoms. The number of amides is 2. The van der Waals surface area contributed by atoms with Crippen LogP contribution in [0.1, 0.15) is 46.1 Å². The lowest BCUT2D eigenvalue weighted by Gasteiger charge is -2.04. The number of hydrogen-bond acceptors (Lipinski definition) is 9. The fraction of sp³-hybridized carbons (Fsp3) is 0.167. The first-order chi connectivity index (χ1) is 17.0. The Hall–Kier alpha value is -4.80. The van der Waals surface area contributed by atoms with Gasteiger partial charge in [0.25, 0.3) is 0 Å². The summed E-state index contributed by atoms with van der Waals surface area (Å²) in [7, 11) is 0. The molecule has 0 bridgehead atoms. The highest BCUT2D eigenvalue weighted by Gasteiger charge is 2.18. The molecule has 0 unspecified atom stereocenters. The summed E-state index contributed by atoms with van der Waals surface area (Å²) in [6.07, 6.45) is 0. The van der Waals surface area contributed by atoms with E-state index >= 15 is 0 Å². The first-order valence-electron chi connectivity index (χ1n) is 10.6. The Morgan fingerprint density at radius 3 is 1.54 bits per heavy atom. The average Bonchev–Trinajstić information content (AvgIpc) is 3.64. The molecule has 2 aliphatic heterocycles. The van der Waals surface area contributed by atoms with Gasteiger partial charge in [0.05, 0.1) is 11.4 Å². The molecule has 0 saturated carbocycles. The van der Waals surface area contributed by atoms with Crippen molar-refractivity contribution in [2.75, 3.05) is 13.6 Å². The molecule has 3 heterocycles. The highest BCUT2D eigenvalue weighted by molar-refractivity contribution is 6.02. The molecule has 2 aromatic carbocycles. The van der Waals surface area contributed by atoms with Crippen LogP contribution in [-0.4, -0.2) is 36.8 Å². The minimum atomic E-state index is -0.607. The van der Waals surface area contributed by atoms with Gasteiger partial charge in [-0.05, 0) is 62.4 Å². The van der Waals surface area contributed by atoms with Crippen molar-refractivity contribution in [3.63, 3.8) is 0 Å². The number of benzene rings is 2. The van der Waals surface area contributed by atoms with Crippen molar-refractivity contribution in [2.45, 2.75) is 13.8 Å². The standard InChI is InChI=1S/C24H20N4O7/c1-13(15-3-5-17-21(9-15)33-11-31-17)25-27-23(29)19-7-8-20(35-19)24(30)28-26-14(2)16-4-6-18-22(10-16)34-12-32-18/h3-10H,11-12H2,1-2H3,(H,27,29)(H,28,30)/b25-13+,26-14+. The molecule has 0 radical (unpaired) electrons. The van der Waals surface area contributed by atoms with E-state index in [1.807, 2.05) is 0 Å². The van der Waals surface area contributed by atoms with E-state index in [-0.39, 0.29) is 25.1 Å². The van der Waals surface area contributed by atoms with E-state index < -0.39 is 11.8 Å². The summed E-state index contributed by atoms with van der Waals surface area (Å²) in [4.78, 5) is 24.8. The number of hydrogen-bond donors (Lipinski definition) is 2. The molecule has 0 aliphatic carbocycles. The van der Waals surface area contributed by atoms with Crippen LogP contribution in [0, 0.1) is 0 Å². The summed E-state index contributed by atoms with van der Waals surface area (Å²) >= 11 is 0. The number of carbonyl (C=O) groups is 2. The molecular weight excluding hydrogens is 456 g/mol. The van der Waals surface area contributed by atoms with Gasteiger partial charge in [-0.2, -0.15) is 10.2 Å². The van der Waals surface area contributed by atoms with Gasteiger partial charge in [-0.3, -0.25) is 9.59 Å². The summed E-state index contributed by atoms with van der Waals surface area (Å²) in [5.74, 6) is 1.17. The molecule has 0 fully saturated rings. The van der Waals surface area contributed by atoms with Gasteiger partial charge < -0.3 is 23.4 Å². The predicted octanol–water partition coefficient (Wildman–Crippen LogP) is 3.05. The van der Waals surface area contributed by atoms with Crippen LogP contribution < -0.4 is 29.8 Å². The van der Waals surface area contributed by atoms with Crippen LogP contribution in [0.15, 0.2) is 63.2 Å². The Labute approximate surface area is 199 Å². The highest BCUT2D eigenvalue weighted by Crippen LogP contribution is 2.33. The summed E-state index contributed by atoms with van der Waals surface area (Å²) in [5, 5.41) is 8.17. The largest absolute Gasteiger partial charge is 0.454 e. The maximum absolute atomic E-state index is 12.4. The molecule has 1 aromatic heterocycles. The fourth-order valence-electron chi connectivity index (χ4n) is 3.33. The zero-order valence-corrected chi connectivity index (χ0v) is 18.8. The zero-order chi connectivity index (χ0) is 24.4. The quantitative estimate of drug-likeness (QED) is 0.413. The second-order valence-corrected chi connectivity index (χ2v) is 7.58. The summed E-state index contributed by atoms with van der Waals surface area (Å²) in [6.45, 7) is 3.81. The smallest absolute Gasteiger partial charge is 0.307 e. The SMILES string of the molecule is C/C(=N\NC(=O)c1ccc(C(=O)N/N=C(\C)c2ccc3c(c2)OCO3)o1)c1ccc2c(c1)OCO2. The molecule has 2 aliphatic rings. The Balaban J connectivity index is 1.19. The Bertz CT molecular complexity index is 1270. The van der Waals surface area contributed by atoms with Gasteiger partial charge in [-0.1, -0.05) is 0 Å². The highest BCUT2D eigenvalue weighted by atomic mass is 16.7. The fourth-order valence-corrected chi connectivity index (χ4v) is 3.33. The van der Waals surface area contributed by atoms with E-state index in [9.17, 15) is 9.59 Å².